The van der Waals surface area contributed by atoms with Crippen molar-refractivity contribution in [3.63, 3.8) is 0 Å². The Balaban J connectivity index is 2.08. The van der Waals surface area contributed by atoms with E-state index >= 15 is 0 Å². The lowest BCUT2D eigenvalue weighted by molar-refractivity contribution is 0.0926. The molecule has 0 atom stereocenters. The first-order valence-electron chi connectivity index (χ1n) is 6.29. The second kappa shape index (κ2) is 4.35. The van der Waals surface area contributed by atoms with E-state index in [0.717, 1.165) is 12.0 Å². The fourth-order valence-electron chi connectivity index (χ4n) is 2.34. The molecule has 0 aliphatic carbocycles. The third-order valence-electron chi connectivity index (χ3n) is 3.37. The molecule has 0 unspecified atom stereocenters. The Labute approximate surface area is 111 Å². The lowest BCUT2D eigenvalue weighted by Crippen LogP contribution is -2.29. The van der Waals surface area contributed by atoms with Gasteiger partial charge in [0.1, 0.15) is 0 Å². The molecule has 94 valence electrons. The quantitative estimate of drug-likeness (QED) is 0.769. The Bertz CT molecular complexity index is 641. The zero-order valence-corrected chi connectivity index (χ0v) is 10.6. The van der Waals surface area contributed by atoms with Crippen LogP contribution in [0, 0.1) is 0 Å². The molecule has 0 fully saturated rings. The number of hydrogen-bond acceptors (Lipinski definition) is 2. The first kappa shape index (κ1) is 11.7. The summed E-state index contributed by atoms with van der Waals surface area (Å²) >= 11 is 0. The molecule has 0 spiro atoms. The summed E-state index contributed by atoms with van der Waals surface area (Å²) in [5, 5.41) is 0. The van der Waals surface area contributed by atoms with Crippen molar-refractivity contribution in [1.82, 2.24) is 0 Å². The van der Waals surface area contributed by atoms with Gasteiger partial charge in [-0.1, -0.05) is 31.2 Å². The summed E-state index contributed by atoms with van der Waals surface area (Å²) in [5.74, 6) is -0.484. The molecular weight excluding hydrogens is 238 g/mol. The summed E-state index contributed by atoms with van der Waals surface area (Å²) in [5.41, 5.74) is 2.71. The highest BCUT2D eigenvalue weighted by Crippen LogP contribution is 2.28. The summed E-state index contributed by atoms with van der Waals surface area (Å²) in [4.78, 5) is 25.9. The number of fused-ring (bicyclic) bond motifs is 1. The van der Waals surface area contributed by atoms with Gasteiger partial charge in [0, 0.05) is 0 Å². The van der Waals surface area contributed by atoms with Gasteiger partial charge >= 0.3 is 0 Å². The minimum Gasteiger partial charge on any atom is -0.268 e. The zero-order chi connectivity index (χ0) is 13.4. The highest BCUT2D eigenvalue weighted by Gasteiger charge is 2.36. The molecule has 0 saturated heterocycles. The van der Waals surface area contributed by atoms with Crippen LogP contribution in [0.2, 0.25) is 0 Å². The molecule has 0 radical (unpaired) electrons. The molecule has 1 aliphatic rings. The van der Waals surface area contributed by atoms with Crippen LogP contribution in [-0.4, -0.2) is 11.8 Å². The topological polar surface area (TPSA) is 37.4 Å². The second-order valence-corrected chi connectivity index (χ2v) is 4.51. The molecule has 3 heteroatoms. The van der Waals surface area contributed by atoms with Crippen LogP contribution in [0.25, 0.3) is 0 Å². The molecular formula is C16H13NO2. The minimum atomic E-state index is -0.242. The largest absolute Gasteiger partial charge is 0.268 e. The zero-order valence-electron chi connectivity index (χ0n) is 10.6. The number of anilines is 1. The van der Waals surface area contributed by atoms with Crippen molar-refractivity contribution in [2.75, 3.05) is 4.90 Å². The van der Waals surface area contributed by atoms with E-state index in [1.54, 1.807) is 30.3 Å². The maximum Gasteiger partial charge on any atom is 0.266 e. The SMILES string of the molecule is CCc1cccc(N2C(=O)c3ccccc3C2=O)c1. The molecule has 3 nitrogen and oxygen atoms in total. The van der Waals surface area contributed by atoms with Gasteiger partial charge < -0.3 is 0 Å². The lowest BCUT2D eigenvalue weighted by atomic mass is 10.1. The van der Waals surface area contributed by atoms with Gasteiger partial charge in [0.2, 0.25) is 0 Å². The maximum absolute atomic E-state index is 12.3. The van der Waals surface area contributed by atoms with Crippen LogP contribution >= 0.6 is 0 Å². The van der Waals surface area contributed by atoms with Gasteiger partial charge in [-0.05, 0) is 36.2 Å². The molecule has 1 heterocycles. The molecule has 0 aromatic heterocycles. The van der Waals surface area contributed by atoms with Gasteiger partial charge in [0.05, 0.1) is 16.8 Å². The Morgan fingerprint density at radius 1 is 0.895 bits per heavy atom. The molecule has 3 rings (SSSR count). The van der Waals surface area contributed by atoms with Crippen molar-refractivity contribution in [3.05, 3.63) is 65.2 Å². The number of carbonyl (C=O) groups excluding carboxylic acids is 2. The Morgan fingerprint density at radius 3 is 2.11 bits per heavy atom. The third kappa shape index (κ3) is 1.74. The molecule has 0 saturated carbocycles. The van der Waals surface area contributed by atoms with Crippen LogP contribution in [0.1, 0.15) is 33.2 Å². The Kier molecular flexibility index (Phi) is 2.67. The van der Waals surface area contributed by atoms with Crippen molar-refractivity contribution < 1.29 is 9.59 Å². The number of amides is 2. The predicted molar refractivity (Wildman–Crippen MR) is 73.4 cm³/mol. The van der Waals surface area contributed by atoms with E-state index in [1.807, 2.05) is 25.1 Å². The predicted octanol–water partition coefficient (Wildman–Crippen LogP) is 3.05. The molecule has 1 aliphatic heterocycles. The Hall–Kier alpha value is -2.42. The van der Waals surface area contributed by atoms with E-state index in [1.165, 1.54) is 4.90 Å². The standard InChI is InChI=1S/C16H13NO2/c1-2-11-6-5-7-12(10-11)17-15(18)13-8-3-4-9-14(13)16(17)19/h3-10H,2H2,1H3. The second-order valence-electron chi connectivity index (χ2n) is 4.51. The fraction of sp³-hybridized carbons (Fsp3) is 0.125. The number of rotatable bonds is 2. The molecule has 2 aromatic carbocycles. The minimum absolute atomic E-state index is 0.242. The highest BCUT2D eigenvalue weighted by atomic mass is 16.2. The van der Waals surface area contributed by atoms with Crippen LogP contribution in [0.5, 0.6) is 0 Å². The summed E-state index contributed by atoms with van der Waals surface area (Å²) in [6.07, 6.45) is 0.872. The van der Waals surface area contributed by atoms with Gasteiger partial charge in [-0.2, -0.15) is 0 Å². The van der Waals surface area contributed by atoms with Crippen LogP contribution in [0.3, 0.4) is 0 Å². The van der Waals surface area contributed by atoms with E-state index < -0.39 is 0 Å². The number of hydrogen-bond donors (Lipinski definition) is 0. The highest BCUT2D eigenvalue weighted by molar-refractivity contribution is 6.34. The van der Waals surface area contributed by atoms with Crippen molar-refractivity contribution >= 4 is 17.5 Å². The number of aryl methyl sites for hydroxylation is 1. The molecule has 2 aromatic rings. The molecule has 0 N–H and O–H groups in total. The van der Waals surface area contributed by atoms with E-state index in [0.29, 0.717) is 16.8 Å². The number of carbonyl (C=O) groups is 2. The van der Waals surface area contributed by atoms with E-state index in [4.69, 9.17) is 0 Å². The first-order chi connectivity index (χ1) is 9.22. The van der Waals surface area contributed by atoms with Crippen LogP contribution in [0.15, 0.2) is 48.5 Å². The van der Waals surface area contributed by atoms with Gasteiger partial charge in [0.25, 0.3) is 11.8 Å². The molecule has 0 bridgehead atoms. The van der Waals surface area contributed by atoms with Gasteiger partial charge in [-0.25, -0.2) is 4.90 Å². The van der Waals surface area contributed by atoms with E-state index in [9.17, 15) is 9.59 Å². The van der Waals surface area contributed by atoms with Crippen molar-refractivity contribution in [2.24, 2.45) is 0 Å². The monoisotopic (exact) mass is 251 g/mol. The van der Waals surface area contributed by atoms with Crippen LogP contribution < -0.4 is 4.90 Å². The molecule has 19 heavy (non-hydrogen) atoms. The van der Waals surface area contributed by atoms with Gasteiger partial charge in [0.15, 0.2) is 0 Å². The first-order valence-corrected chi connectivity index (χ1v) is 6.29. The third-order valence-corrected chi connectivity index (χ3v) is 3.37. The van der Waals surface area contributed by atoms with Crippen molar-refractivity contribution in [2.45, 2.75) is 13.3 Å². The van der Waals surface area contributed by atoms with Crippen molar-refractivity contribution in [3.8, 4) is 0 Å². The Morgan fingerprint density at radius 2 is 1.53 bits per heavy atom. The van der Waals surface area contributed by atoms with Crippen LogP contribution in [-0.2, 0) is 6.42 Å². The van der Waals surface area contributed by atoms with Gasteiger partial charge in [-0.3, -0.25) is 9.59 Å². The fourth-order valence-corrected chi connectivity index (χ4v) is 2.34. The van der Waals surface area contributed by atoms with Crippen LogP contribution in [0.4, 0.5) is 5.69 Å². The molecule has 2 amide bonds. The number of benzene rings is 2. The maximum atomic E-state index is 12.3. The summed E-state index contributed by atoms with van der Waals surface area (Å²) in [7, 11) is 0. The summed E-state index contributed by atoms with van der Waals surface area (Å²) in [6.45, 7) is 2.04. The van der Waals surface area contributed by atoms with E-state index in [2.05, 4.69) is 0 Å². The number of imide groups is 1. The summed E-state index contributed by atoms with van der Waals surface area (Å²) in [6, 6.07) is 14.5. The van der Waals surface area contributed by atoms with Gasteiger partial charge in [-0.15, -0.1) is 0 Å². The van der Waals surface area contributed by atoms with E-state index in [-0.39, 0.29) is 11.8 Å². The number of nitrogens with zero attached hydrogens (tertiary/aromatic N) is 1. The normalized spacial score (nSPS) is 13.8. The average molecular weight is 251 g/mol. The smallest absolute Gasteiger partial charge is 0.266 e. The average Bonchev–Trinajstić information content (AvgIpc) is 2.72. The summed E-state index contributed by atoms with van der Waals surface area (Å²) < 4.78 is 0. The lowest BCUT2D eigenvalue weighted by Gasteiger charge is -2.14. The van der Waals surface area contributed by atoms with Crippen molar-refractivity contribution in [1.29, 1.82) is 0 Å².